The molecular weight excluding hydrogens is 291 g/mol. The summed E-state index contributed by atoms with van der Waals surface area (Å²) in [5.74, 6) is -0.474. The van der Waals surface area contributed by atoms with Gasteiger partial charge >= 0.3 is 0 Å². The third-order valence-electron chi connectivity index (χ3n) is 3.55. The minimum Gasteiger partial charge on any atom is -0.376 e. The lowest BCUT2D eigenvalue weighted by Gasteiger charge is -2.18. The molecule has 2 fully saturated rings. The fraction of sp³-hybridized carbons (Fsp3) is 0.333. The molecule has 2 aliphatic rings. The molecule has 2 aliphatic heterocycles. The SMILES string of the molecule is O=C1/C(=C\c2ccc(F)cc2)NC(=S)N1CC1CCCO1. The van der Waals surface area contributed by atoms with Crippen molar-refractivity contribution in [1.82, 2.24) is 10.2 Å². The first kappa shape index (κ1) is 14.2. The first-order valence-electron chi connectivity index (χ1n) is 6.85. The van der Waals surface area contributed by atoms with E-state index in [0.29, 0.717) is 17.4 Å². The maximum Gasteiger partial charge on any atom is 0.276 e. The molecule has 0 aliphatic carbocycles. The molecule has 2 saturated heterocycles. The molecule has 1 aromatic carbocycles. The van der Waals surface area contributed by atoms with E-state index in [1.165, 1.54) is 17.0 Å². The van der Waals surface area contributed by atoms with Gasteiger partial charge < -0.3 is 10.1 Å². The lowest BCUT2D eigenvalue weighted by molar-refractivity contribution is -0.123. The van der Waals surface area contributed by atoms with Gasteiger partial charge in [0, 0.05) is 6.61 Å². The summed E-state index contributed by atoms with van der Waals surface area (Å²) >= 11 is 5.20. The zero-order chi connectivity index (χ0) is 14.8. The lowest BCUT2D eigenvalue weighted by Crippen LogP contribution is -2.37. The number of carbonyl (C=O) groups is 1. The molecule has 0 spiro atoms. The highest BCUT2D eigenvalue weighted by Crippen LogP contribution is 2.19. The number of benzene rings is 1. The Morgan fingerprint density at radius 3 is 2.86 bits per heavy atom. The fourth-order valence-electron chi connectivity index (χ4n) is 2.46. The maximum atomic E-state index is 12.9. The van der Waals surface area contributed by atoms with E-state index in [4.69, 9.17) is 17.0 Å². The van der Waals surface area contributed by atoms with Gasteiger partial charge in [-0.3, -0.25) is 9.69 Å². The van der Waals surface area contributed by atoms with E-state index < -0.39 is 0 Å². The standard InChI is InChI=1S/C15H15FN2O2S/c16-11-5-3-10(4-6-11)8-13-14(19)18(15(21)17-13)9-12-2-1-7-20-12/h3-6,8,12H,1-2,7,9H2,(H,17,21)/b13-8+. The van der Waals surface area contributed by atoms with E-state index in [0.717, 1.165) is 25.0 Å². The van der Waals surface area contributed by atoms with Crippen LogP contribution in [0.4, 0.5) is 4.39 Å². The first-order chi connectivity index (χ1) is 10.1. The highest BCUT2D eigenvalue weighted by Gasteiger charge is 2.33. The van der Waals surface area contributed by atoms with Crippen molar-refractivity contribution in [3.8, 4) is 0 Å². The number of nitrogens with one attached hydrogen (secondary N) is 1. The number of hydrogen-bond donors (Lipinski definition) is 1. The van der Waals surface area contributed by atoms with Crippen LogP contribution in [-0.4, -0.2) is 35.2 Å². The molecule has 3 rings (SSSR count). The van der Waals surface area contributed by atoms with E-state index in [1.54, 1.807) is 18.2 Å². The largest absolute Gasteiger partial charge is 0.376 e. The lowest BCUT2D eigenvalue weighted by atomic mass is 10.2. The average Bonchev–Trinajstić information content (AvgIpc) is 3.06. The van der Waals surface area contributed by atoms with Gasteiger partial charge in [-0.25, -0.2) is 4.39 Å². The molecule has 1 atom stereocenters. The summed E-state index contributed by atoms with van der Waals surface area (Å²) in [6.07, 6.45) is 3.69. The Bertz CT molecular complexity index is 594. The molecule has 1 amide bonds. The summed E-state index contributed by atoms with van der Waals surface area (Å²) in [4.78, 5) is 13.9. The van der Waals surface area contributed by atoms with Crippen molar-refractivity contribution in [2.75, 3.05) is 13.2 Å². The van der Waals surface area contributed by atoms with Gasteiger partial charge in [0.05, 0.1) is 12.6 Å². The molecule has 21 heavy (non-hydrogen) atoms. The number of amides is 1. The van der Waals surface area contributed by atoms with Crippen molar-refractivity contribution in [2.24, 2.45) is 0 Å². The van der Waals surface area contributed by atoms with Crippen molar-refractivity contribution in [3.05, 3.63) is 41.3 Å². The summed E-state index contributed by atoms with van der Waals surface area (Å²) in [5, 5.41) is 3.30. The van der Waals surface area contributed by atoms with Crippen molar-refractivity contribution in [1.29, 1.82) is 0 Å². The van der Waals surface area contributed by atoms with Gasteiger partial charge in [0.1, 0.15) is 11.5 Å². The van der Waals surface area contributed by atoms with Crippen LogP contribution in [-0.2, 0) is 9.53 Å². The molecule has 2 heterocycles. The summed E-state index contributed by atoms with van der Waals surface area (Å²) in [7, 11) is 0. The third-order valence-corrected chi connectivity index (χ3v) is 3.88. The van der Waals surface area contributed by atoms with Crippen LogP contribution in [0, 0.1) is 5.82 Å². The Balaban J connectivity index is 1.74. The van der Waals surface area contributed by atoms with E-state index >= 15 is 0 Å². The number of nitrogens with zero attached hydrogens (tertiary/aromatic N) is 1. The number of thiocarbonyl (C=S) groups is 1. The van der Waals surface area contributed by atoms with E-state index in [2.05, 4.69) is 5.32 Å². The van der Waals surface area contributed by atoms with Crippen molar-refractivity contribution in [3.63, 3.8) is 0 Å². The zero-order valence-electron chi connectivity index (χ0n) is 11.3. The topological polar surface area (TPSA) is 41.6 Å². The third kappa shape index (κ3) is 3.11. The second-order valence-corrected chi connectivity index (χ2v) is 5.48. The second-order valence-electron chi connectivity index (χ2n) is 5.09. The van der Waals surface area contributed by atoms with Crippen LogP contribution in [0.3, 0.4) is 0 Å². The number of ether oxygens (including phenoxy) is 1. The molecule has 0 aromatic heterocycles. The molecule has 4 nitrogen and oxygen atoms in total. The summed E-state index contributed by atoms with van der Waals surface area (Å²) in [5.41, 5.74) is 1.15. The second kappa shape index (κ2) is 5.91. The van der Waals surface area contributed by atoms with Gasteiger partial charge in [-0.1, -0.05) is 12.1 Å². The molecule has 110 valence electrons. The molecule has 6 heteroatoms. The summed E-state index contributed by atoms with van der Waals surface area (Å²) in [6, 6.07) is 5.94. The highest BCUT2D eigenvalue weighted by atomic mass is 32.1. The Kier molecular flexibility index (Phi) is 3.98. The number of carbonyl (C=O) groups excluding carboxylic acids is 1. The minimum absolute atomic E-state index is 0.0545. The molecule has 0 bridgehead atoms. The molecule has 1 aromatic rings. The van der Waals surface area contributed by atoms with E-state index in [-0.39, 0.29) is 17.8 Å². The van der Waals surface area contributed by atoms with Gasteiger partial charge in [0.15, 0.2) is 5.11 Å². The van der Waals surface area contributed by atoms with Crippen LogP contribution < -0.4 is 5.32 Å². The Morgan fingerprint density at radius 1 is 1.43 bits per heavy atom. The van der Waals surface area contributed by atoms with Crippen molar-refractivity contribution in [2.45, 2.75) is 18.9 Å². The van der Waals surface area contributed by atoms with Crippen LogP contribution >= 0.6 is 12.2 Å². The van der Waals surface area contributed by atoms with Gasteiger partial charge in [0.25, 0.3) is 5.91 Å². The normalized spacial score (nSPS) is 24.0. The summed E-state index contributed by atoms with van der Waals surface area (Å²) < 4.78 is 18.4. The predicted molar refractivity (Wildman–Crippen MR) is 80.8 cm³/mol. The predicted octanol–water partition coefficient (Wildman–Crippen LogP) is 2.06. The Labute approximate surface area is 127 Å². The van der Waals surface area contributed by atoms with Crippen LogP contribution in [0.2, 0.25) is 0 Å². The maximum absolute atomic E-state index is 12.9. The number of hydrogen-bond acceptors (Lipinski definition) is 3. The number of rotatable bonds is 3. The first-order valence-corrected chi connectivity index (χ1v) is 7.26. The number of halogens is 1. The average molecular weight is 306 g/mol. The van der Waals surface area contributed by atoms with Crippen molar-refractivity contribution >= 4 is 29.3 Å². The Hall–Kier alpha value is -1.79. The molecule has 0 saturated carbocycles. The van der Waals surface area contributed by atoms with Crippen LogP contribution in [0.5, 0.6) is 0 Å². The fourth-order valence-corrected chi connectivity index (χ4v) is 2.72. The monoisotopic (exact) mass is 306 g/mol. The molecular formula is C15H15FN2O2S. The molecule has 1 unspecified atom stereocenters. The van der Waals surface area contributed by atoms with Gasteiger partial charge in [-0.15, -0.1) is 0 Å². The minimum atomic E-state index is -0.307. The highest BCUT2D eigenvalue weighted by molar-refractivity contribution is 7.80. The van der Waals surface area contributed by atoms with Gasteiger partial charge in [-0.2, -0.15) is 0 Å². The summed E-state index contributed by atoms with van der Waals surface area (Å²) in [6.45, 7) is 1.22. The van der Waals surface area contributed by atoms with Gasteiger partial charge in [-0.05, 0) is 48.8 Å². The smallest absolute Gasteiger partial charge is 0.276 e. The van der Waals surface area contributed by atoms with E-state index in [1.807, 2.05) is 0 Å². The van der Waals surface area contributed by atoms with Gasteiger partial charge in [0.2, 0.25) is 0 Å². The van der Waals surface area contributed by atoms with Crippen molar-refractivity contribution < 1.29 is 13.9 Å². The Morgan fingerprint density at radius 2 is 2.19 bits per heavy atom. The zero-order valence-corrected chi connectivity index (χ0v) is 12.2. The quantitative estimate of drug-likeness (QED) is 0.685. The molecule has 0 radical (unpaired) electrons. The van der Waals surface area contributed by atoms with Crippen LogP contribution in [0.15, 0.2) is 30.0 Å². The van der Waals surface area contributed by atoms with Crippen LogP contribution in [0.25, 0.3) is 6.08 Å². The van der Waals surface area contributed by atoms with Crippen LogP contribution in [0.1, 0.15) is 18.4 Å². The molecule has 1 N–H and O–H groups in total. The van der Waals surface area contributed by atoms with E-state index in [9.17, 15) is 9.18 Å².